The normalized spacial score (nSPS) is 13.6. The molecular weight excluding hydrogens is 288 g/mol. The van der Waals surface area contributed by atoms with Crippen LogP contribution in [-0.2, 0) is 4.74 Å². The molecule has 120 valence electrons. The molecule has 0 aliphatic carbocycles. The highest BCUT2D eigenvalue weighted by Gasteiger charge is 2.17. The van der Waals surface area contributed by atoms with Crippen molar-refractivity contribution >= 4 is 5.84 Å². The second-order valence-corrected chi connectivity index (χ2v) is 5.55. The predicted octanol–water partition coefficient (Wildman–Crippen LogP) is 3.04. The van der Waals surface area contributed by atoms with Gasteiger partial charge in [-0.3, -0.25) is 4.99 Å². The minimum absolute atomic E-state index is 0.514. The maximum absolute atomic E-state index is 6.06. The molecule has 0 aromatic heterocycles. The van der Waals surface area contributed by atoms with Crippen molar-refractivity contribution in [2.45, 2.75) is 6.92 Å². The van der Waals surface area contributed by atoms with Gasteiger partial charge in [-0.25, -0.2) is 0 Å². The quantitative estimate of drug-likeness (QED) is 0.834. The molecule has 2 aromatic carbocycles. The molecular formula is C19H22N2O2. The number of nitrogens with one attached hydrogen (secondary N) is 1. The fourth-order valence-corrected chi connectivity index (χ4v) is 2.64. The van der Waals surface area contributed by atoms with Crippen LogP contribution in [-0.4, -0.2) is 39.2 Å². The van der Waals surface area contributed by atoms with Gasteiger partial charge in [0.15, 0.2) is 0 Å². The van der Waals surface area contributed by atoms with E-state index in [1.807, 2.05) is 0 Å². The Kier molecular flexibility index (Phi) is 4.93. The zero-order chi connectivity index (χ0) is 16.1. The van der Waals surface area contributed by atoms with Crippen molar-refractivity contribution in [3.8, 4) is 16.9 Å². The molecule has 0 amide bonds. The smallest absolute Gasteiger partial charge is 0.138 e. The number of nitrogens with zero attached hydrogens (tertiary/aromatic N) is 1. The highest BCUT2D eigenvalue weighted by Crippen LogP contribution is 2.34. The monoisotopic (exact) mass is 310 g/mol. The first kappa shape index (κ1) is 15.6. The summed E-state index contributed by atoms with van der Waals surface area (Å²) >= 11 is 0. The summed E-state index contributed by atoms with van der Waals surface area (Å²) in [5.41, 5.74) is 4.48. The van der Waals surface area contributed by atoms with Crippen LogP contribution < -0.4 is 10.1 Å². The number of para-hydroxylation sites is 1. The number of ether oxygens (including phenoxy) is 2. The van der Waals surface area contributed by atoms with E-state index in [1.165, 1.54) is 5.56 Å². The van der Waals surface area contributed by atoms with E-state index < -0.39 is 0 Å². The summed E-state index contributed by atoms with van der Waals surface area (Å²) in [7, 11) is 1.68. The van der Waals surface area contributed by atoms with Crippen molar-refractivity contribution in [2.75, 3.05) is 33.4 Å². The van der Waals surface area contributed by atoms with Crippen LogP contribution in [0.4, 0.5) is 0 Å². The van der Waals surface area contributed by atoms with Gasteiger partial charge in [0.25, 0.3) is 0 Å². The highest BCUT2D eigenvalue weighted by atomic mass is 16.5. The van der Waals surface area contributed by atoms with Crippen LogP contribution in [0.1, 0.15) is 11.1 Å². The minimum atomic E-state index is 0.514. The summed E-state index contributed by atoms with van der Waals surface area (Å²) < 4.78 is 11.2. The van der Waals surface area contributed by atoms with Gasteiger partial charge < -0.3 is 14.8 Å². The van der Waals surface area contributed by atoms with Crippen molar-refractivity contribution in [3.63, 3.8) is 0 Å². The first-order valence-electron chi connectivity index (χ1n) is 7.90. The number of hydrogen-bond acceptors (Lipinski definition) is 4. The van der Waals surface area contributed by atoms with E-state index in [1.54, 1.807) is 7.11 Å². The summed E-state index contributed by atoms with van der Waals surface area (Å²) in [4.78, 5) is 4.54. The molecule has 0 atom stereocenters. The van der Waals surface area contributed by atoms with Gasteiger partial charge in [0.2, 0.25) is 0 Å². The summed E-state index contributed by atoms with van der Waals surface area (Å²) in [6.07, 6.45) is 0. The number of aliphatic imine (C=N–C) groups is 1. The van der Waals surface area contributed by atoms with E-state index in [-0.39, 0.29) is 0 Å². The van der Waals surface area contributed by atoms with E-state index in [0.717, 1.165) is 41.4 Å². The predicted molar refractivity (Wildman–Crippen MR) is 93.4 cm³/mol. The lowest BCUT2D eigenvalue weighted by atomic mass is 10.00. The van der Waals surface area contributed by atoms with Crippen LogP contribution in [0.2, 0.25) is 0 Å². The molecule has 1 aliphatic rings. The average molecular weight is 310 g/mol. The third kappa shape index (κ3) is 3.54. The molecule has 4 nitrogen and oxygen atoms in total. The molecule has 1 N–H and O–H groups in total. The molecule has 1 heterocycles. The van der Waals surface area contributed by atoms with Crippen molar-refractivity contribution < 1.29 is 9.47 Å². The van der Waals surface area contributed by atoms with E-state index >= 15 is 0 Å². The lowest BCUT2D eigenvalue weighted by molar-refractivity contribution is 0.146. The number of hydrogen-bond donors (Lipinski definition) is 1. The third-order valence-corrected chi connectivity index (χ3v) is 3.84. The Labute approximate surface area is 137 Å². The van der Waals surface area contributed by atoms with Gasteiger partial charge in [0.05, 0.1) is 18.7 Å². The Morgan fingerprint density at radius 1 is 1.04 bits per heavy atom. The van der Waals surface area contributed by atoms with Crippen molar-refractivity contribution in [3.05, 3.63) is 53.6 Å². The van der Waals surface area contributed by atoms with Crippen LogP contribution in [0.25, 0.3) is 11.1 Å². The minimum Gasteiger partial charge on any atom is -0.490 e. The van der Waals surface area contributed by atoms with Gasteiger partial charge >= 0.3 is 0 Å². The SMILES string of the molecule is COCCOc1c(C2=NCCN2)cccc1-c1ccc(C)cc1. The van der Waals surface area contributed by atoms with Gasteiger partial charge in [-0.2, -0.15) is 0 Å². The Hall–Kier alpha value is -2.33. The number of benzene rings is 2. The van der Waals surface area contributed by atoms with Gasteiger partial charge in [0.1, 0.15) is 18.2 Å². The third-order valence-electron chi connectivity index (χ3n) is 3.84. The van der Waals surface area contributed by atoms with Gasteiger partial charge in [-0.1, -0.05) is 42.0 Å². The first-order chi connectivity index (χ1) is 11.3. The summed E-state index contributed by atoms with van der Waals surface area (Å²) in [5, 5.41) is 3.33. The molecule has 0 saturated heterocycles. The Bertz CT molecular complexity index is 693. The van der Waals surface area contributed by atoms with Gasteiger partial charge in [-0.05, 0) is 18.6 Å². The number of amidine groups is 1. The Morgan fingerprint density at radius 2 is 1.83 bits per heavy atom. The van der Waals surface area contributed by atoms with Crippen LogP contribution in [0.5, 0.6) is 5.75 Å². The van der Waals surface area contributed by atoms with Crippen LogP contribution in [0.3, 0.4) is 0 Å². The highest BCUT2D eigenvalue weighted by molar-refractivity contribution is 6.04. The zero-order valence-electron chi connectivity index (χ0n) is 13.6. The Balaban J connectivity index is 2.03. The maximum atomic E-state index is 6.06. The number of aryl methyl sites for hydroxylation is 1. The van der Waals surface area contributed by atoms with Crippen LogP contribution in [0.15, 0.2) is 47.5 Å². The lowest BCUT2D eigenvalue weighted by Gasteiger charge is -2.16. The summed E-state index contributed by atoms with van der Waals surface area (Å²) in [6, 6.07) is 14.7. The fourth-order valence-electron chi connectivity index (χ4n) is 2.64. The molecule has 0 bridgehead atoms. The molecule has 3 rings (SSSR count). The fraction of sp³-hybridized carbons (Fsp3) is 0.316. The summed E-state index contributed by atoms with van der Waals surface area (Å²) in [5.74, 6) is 1.77. The molecule has 0 saturated carbocycles. The molecule has 0 radical (unpaired) electrons. The molecule has 1 aliphatic heterocycles. The maximum Gasteiger partial charge on any atom is 0.138 e. The molecule has 0 spiro atoms. The largest absolute Gasteiger partial charge is 0.490 e. The van der Waals surface area contributed by atoms with E-state index in [0.29, 0.717) is 13.2 Å². The van der Waals surface area contributed by atoms with Gasteiger partial charge in [0, 0.05) is 19.2 Å². The standard InChI is InChI=1S/C19H22N2O2/c1-14-6-8-15(9-7-14)16-4-3-5-17(19-20-10-11-21-19)18(16)23-13-12-22-2/h3-9H,10-13H2,1-2H3,(H,20,21). The van der Waals surface area contributed by atoms with Crippen LogP contribution >= 0.6 is 0 Å². The van der Waals surface area contributed by atoms with E-state index in [2.05, 4.69) is 59.7 Å². The molecule has 0 unspecified atom stereocenters. The van der Waals surface area contributed by atoms with E-state index in [4.69, 9.17) is 9.47 Å². The zero-order valence-corrected chi connectivity index (χ0v) is 13.6. The molecule has 2 aromatic rings. The van der Waals surface area contributed by atoms with E-state index in [9.17, 15) is 0 Å². The van der Waals surface area contributed by atoms with Crippen LogP contribution in [0, 0.1) is 6.92 Å². The Morgan fingerprint density at radius 3 is 2.52 bits per heavy atom. The first-order valence-corrected chi connectivity index (χ1v) is 7.90. The second-order valence-electron chi connectivity index (χ2n) is 5.55. The molecule has 4 heteroatoms. The molecule has 23 heavy (non-hydrogen) atoms. The van der Waals surface area contributed by atoms with Gasteiger partial charge in [-0.15, -0.1) is 0 Å². The average Bonchev–Trinajstić information content (AvgIpc) is 3.10. The van der Waals surface area contributed by atoms with Crippen molar-refractivity contribution in [1.82, 2.24) is 5.32 Å². The topological polar surface area (TPSA) is 42.9 Å². The number of rotatable bonds is 6. The molecule has 0 fully saturated rings. The summed E-state index contributed by atoms with van der Waals surface area (Å²) in [6.45, 7) is 4.85. The number of methoxy groups -OCH3 is 1. The second kappa shape index (κ2) is 7.29. The van der Waals surface area contributed by atoms with Crippen molar-refractivity contribution in [1.29, 1.82) is 0 Å². The van der Waals surface area contributed by atoms with Crippen molar-refractivity contribution in [2.24, 2.45) is 4.99 Å². The lowest BCUT2D eigenvalue weighted by Crippen LogP contribution is -2.21.